The Kier molecular flexibility index (Phi) is 4.16. The van der Waals surface area contributed by atoms with Crippen molar-refractivity contribution < 1.29 is 9.66 Å². The van der Waals surface area contributed by atoms with Gasteiger partial charge in [0.2, 0.25) is 5.88 Å². The maximum absolute atomic E-state index is 10.7. The van der Waals surface area contributed by atoms with Crippen LogP contribution in [-0.4, -0.2) is 9.91 Å². The van der Waals surface area contributed by atoms with Gasteiger partial charge in [-0.3, -0.25) is 10.1 Å². The van der Waals surface area contributed by atoms with Gasteiger partial charge in [0.15, 0.2) is 0 Å². The third kappa shape index (κ3) is 3.04. The van der Waals surface area contributed by atoms with Crippen LogP contribution < -0.4 is 10.5 Å². The standard InChI is InChI=1S/C13H12ClN3O3/c1-8-4-9(6-15)7-16-13(8)20-10-2-3-12(17(18)19)11(14)5-10/h2-5,7H,6,15H2,1H3. The Hall–Kier alpha value is -2.18. The Morgan fingerprint density at radius 2 is 2.20 bits per heavy atom. The van der Waals surface area contributed by atoms with Crippen molar-refractivity contribution in [1.82, 2.24) is 4.98 Å². The second kappa shape index (κ2) is 5.85. The summed E-state index contributed by atoms with van der Waals surface area (Å²) in [6.45, 7) is 2.24. The number of halogens is 1. The zero-order chi connectivity index (χ0) is 14.7. The van der Waals surface area contributed by atoms with Crippen molar-refractivity contribution in [1.29, 1.82) is 0 Å². The number of nitrogens with zero attached hydrogens (tertiary/aromatic N) is 2. The number of nitro groups is 1. The molecule has 7 heteroatoms. The molecule has 1 aromatic carbocycles. The summed E-state index contributed by atoms with van der Waals surface area (Å²) >= 11 is 5.82. The van der Waals surface area contributed by atoms with E-state index in [1.807, 2.05) is 13.0 Å². The predicted molar refractivity (Wildman–Crippen MR) is 75.0 cm³/mol. The molecule has 0 fully saturated rings. The third-order valence-corrected chi connectivity index (χ3v) is 2.96. The van der Waals surface area contributed by atoms with Crippen molar-refractivity contribution in [3.8, 4) is 11.6 Å². The average Bonchev–Trinajstić information content (AvgIpc) is 2.40. The van der Waals surface area contributed by atoms with E-state index in [2.05, 4.69) is 4.98 Å². The lowest BCUT2D eigenvalue weighted by Crippen LogP contribution is -1.99. The van der Waals surface area contributed by atoms with Gasteiger partial charge in [-0.15, -0.1) is 0 Å². The molecule has 0 aliphatic rings. The van der Waals surface area contributed by atoms with E-state index in [-0.39, 0.29) is 10.7 Å². The van der Waals surface area contributed by atoms with Crippen LogP contribution in [0.15, 0.2) is 30.5 Å². The largest absolute Gasteiger partial charge is 0.439 e. The minimum absolute atomic E-state index is 0.0173. The lowest BCUT2D eigenvalue weighted by atomic mass is 10.2. The molecule has 2 rings (SSSR count). The molecule has 0 aliphatic heterocycles. The van der Waals surface area contributed by atoms with Crippen LogP contribution in [0.3, 0.4) is 0 Å². The summed E-state index contributed by atoms with van der Waals surface area (Å²) in [5.41, 5.74) is 7.08. The van der Waals surface area contributed by atoms with E-state index in [9.17, 15) is 10.1 Å². The number of benzene rings is 1. The molecule has 0 amide bonds. The Labute approximate surface area is 120 Å². The molecule has 6 nitrogen and oxygen atoms in total. The summed E-state index contributed by atoms with van der Waals surface area (Å²) in [6.07, 6.45) is 1.62. The van der Waals surface area contributed by atoms with Gasteiger partial charge in [-0.1, -0.05) is 11.6 Å². The normalized spacial score (nSPS) is 10.3. The van der Waals surface area contributed by atoms with Crippen LogP contribution in [0.2, 0.25) is 5.02 Å². The van der Waals surface area contributed by atoms with Gasteiger partial charge in [-0.2, -0.15) is 0 Å². The van der Waals surface area contributed by atoms with Crippen LogP contribution in [-0.2, 0) is 6.54 Å². The minimum atomic E-state index is -0.550. The zero-order valence-electron chi connectivity index (χ0n) is 10.7. The summed E-state index contributed by atoms with van der Waals surface area (Å²) < 4.78 is 5.57. The van der Waals surface area contributed by atoms with E-state index in [1.165, 1.54) is 18.2 Å². The van der Waals surface area contributed by atoms with Crippen molar-refractivity contribution in [3.63, 3.8) is 0 Å². The van der Waals surface area contributed by atoms with Crippen LogP contribution in [0.4, 0.5) is 5.69 Å². The number of hydrogen-bond donors (Lipinski definition) is 1. The van der Waals surface area contributed by atoms with E-state index < -0.39 is 4.92 Å². The molecule has 0 bridgehead atoms. The molecule has 1 heterocycles. The summed E-state index contributed by atoms with van der Waals surface area (Å²) in [5, 5.41) is 10.7. The number of hydrogen-bond acceptors (Lipinski definition) is 5. The number of ether oxygens (including phenoxy) is 1. The van der Waals surface area contributed by atoms with E-state index >= 15 is 0 Å². The number of aryl methyl sites for hydroxylation is 1. The highest BCUT2D eigenvalue weighted by atomic mass is 35.5. The number of nitrogens with two attached hydrogens (primary N) is 1. The lowest BCUT2D eigenvalue weighted by Gasteiger charge is -2.08. The van der Waals surface area contributed by atoms with Gasteiger partial charge >= 0.3 is 0 Å². The van der Waals surface area contributed by atoms with Gasteiger partial charge in [0.1, 0.15) is 10.8 Å². The molecule has 2 N–H and O–H groups in total. The van der Waals surface area contributed by atoms with Gasteiger partial charge in [-0.05, 0) is 24.6 Å². The maximum Gasteiger partial charge on any atom is 0.288 e. The van der Waals surface area contributed by atoms with Crippen molar-refractivity contribution in [2.24, 2.45) is 5.73 Å². The van der Waals surface area contributed by atoms with E-state index in [1.54, 1.807) is 6.20 Å². The van der Waals surface area contributed by atoms with Crippen LogP contribution in [0.1, 0.15) is 11.1 Å². The van der Waals surface area contributed by atoms with Crippen molar-refractivity contribution in [2.45, 2.75) is 13.5 Å². The van der Waals surface area contributed by atoms with E-state index in [4.69, 9.17) is 22.1 Å². The van der Waals surface area contributed by atoms with Gasteiger partial charge < -0.3 is 10.5 Å². The second-order valence-corrected chi connectivity index (χ2v) is 4.55. The lowest BCUT2D eigenvalue weighted by molar-refractivity contribution is -0.384. The fourth-order valence-electron chi connectivity index (χ4n) is 1.65. The molecule has 20 heavy (non-hydrogen) atoms. The summed E-state index contributed by atoms with van der Waals surface area (Å²) in [6, 6.07) is 6.02. The van der Waals surface area contributed by atoms with Crippen LogP contribution in [0.25, 0.3) is 0 Å². The van der Waals surface area contributed by atoms with Crippen molar-refractivity contribution in [3.05, 3.63) is 56.7 Å². The van der Waals surface area contributed by atoms with Gasteiger partial charge in [0.25, 0.3) is 5.69 Å². The Balaban J connectivity index is 2.26. The first-order chi connectivity index (χ1) is 9.51. The van der Waals surface area contributed by atoms with E-state index in [0.29, 0.717) is 18.2 Å². The molecule has 0 saturated heterocycles. The minimum Gasteiger partial charge on any atom is -0.439 e. The maximum atomic E-state index is 10.7. The number of aromatic nitrogens is 1. The van der Waals surface area contributed by atoms with Crippen LogP contribution in [0, 0.1) is 17.0 Å². The molecule has 0 spiro atoms. The SMILES string of the molecule is Cc1cc(CN)cnc1Oc1ccc([N+](=O)[O-])c(Cl)c1. The second-order valence-electron chi connectivity index (χ2n) is 4.14. The molecular formula is C13H12ClN3O3. The van der Waals surface area contributed by atoms with Crippen LogP contribution in [0.5, 0.6) is 11.6 Å². The molecule has 1 aromatic heterocycles. The first kappa shape index (κ1) is 14.2. The molecule has 0 radical (unpaired) electrons. The van der Waals surface area contributed by atoms with E-state index in [0.717, 1.165) is 11.1 Å². The van der Waals surface area contributed by atoms with Gasteiger partial charge in [-0.25, -0.2) is 4.98 Å². The van der Waals surface area contributed by atoms with Crippen molar-refractivity contribution in [2.75, 3.05) is 0 Å². The third-order valence-electron chi connectivity index (χ3n) is 2.65. The molecule has 0 aliphatic carbocycles. The van der Waals surface area contributed by atoms with Crippen molar-refractivity contribution >= 4 is 17.3 Å². The molecule has 104 valence electrons. The zero-order valence-corrected chi connectivity index (χ0v) is 11.4. The highest BCUT2D eigenvalue weighted by Crippen LogP contribution is 2.31. The molecule has 0 unspecified atom stereocenters. The Morgan fingerprint density at radius 3 is 2.75 bits per heavy atom. The average molecular weight is 294 g/mol. The first-order valence-electron chi connectivity index (χ1n) is 5.78. The molecular weight excluding hydrogens is 282 g/mol. The highest BCUT2D eigenvalue weighted by molar-refractivity contribution is 6.32. The smallest absolute Gasteiger partial charge is 0.288 e. The fraction of sp³-hybridized carbons (Fsp3) is 0.154. The highest BCUT2D eigenvalue weighted by Gasteiger charge is 2.13. The van der Waals surface area contributed by atoms with Gasteiger partial charge in [0, 0.05) is 30.4 Å². The molecule has 2 aromatic rings. The summed E-state index contributed by atoms with van der Waals surface area (Å²) in [7, 11) is 0. The first-order valence-corrected chi connectivity index (χ1v) is 6.16. The fourth-order valence-corrected chi connectivity index (χ4v) is 1.89. The summed E-state index contributed by atoms with van der Waals surface area (Å²) in [4.78, 5) is 14.3. The Bertz CT molecular complexity index is 661. The van der Waals surface area contributed by atoms with Gasteiger partial charge in [0.05, 0.1) is 4.92 Å². The Morgan fingerprint density at radius 1 is 1.45 bits per heavy atom. The quantitative estimate of drug-likeness (QED) is 0.690. The van der Waals surface area contributed by atoms with Crippen LogP contribution >= 0.6 is 11.6 Å². The number of nitro benzene ring substituents is 1. The molecule has 0 saturated carbocycles. The molecule has 0 atom stereocenters. The number of pyridine rings is 1. The topological polar surface area (TPSA) is 91.3 Å². The summed E-state index contributed by atoms with van der Waals surface area (Å²) in [5.74, 6) is 0.795. The monoisotopic (exact) mass is 293 g/mol. The predicted octanol–water partition coefficient (Wildman–Crippen LogP) is 3.20. The number of rotatable bonds is 4.